The SMILES string of the molecule is Cc1nn(CN2CCN([C@@H](C)c3nc4ccccc4s3)CC2)c(=S)s1. The zero-order valence-corrected chi connectivity index (χ0v) is 16.8. The summed E-state index contributed by atoms with van der Waals surface area (Å²) >= 11 is 8.78. The Morgan fingerprint density at radius 1 is 1.16 bits per heavy atom. The Bertz CT molecular complexity index is 887. The number of fused-ring (bicyclic) bond motifs is 1. The van der Waals surface area contributed by atoms with E-state index in [0.29, 0.717) is 6.04 Å². The van der Waals surface area contributed by atoms with Crippen LogP contribution < -0.4 is 0 Å². The first-order chi connectivity index (χ1) is 12.1. The molecule has 2 aromatic heterocycles. The van der Waals surface area contributed by atoms with E-state index in [0.717, 1.165) is 47.3 Å². The Balaban J connectivity index is 1.39. The molecule has 0 radical (unpaired) electrons. The van der Waals surface area contributed by atoms with Gasteiger partial charge in [-0.3, -0.25) is 9.80 Å². The molecule has 1 aliphatic rings. The summed E-state index contributed by atoms with van der Waals surface area (Å²) in [5.41, 5.74) is 1.11. The third-order valence-electron chi connectivity index (χ3n) is 4.66. The van der Waals surface area contributed by atoms with Gasteiger partial charge in [-0.25, -0.2) is 9.67 Å². The number of aryl methyl sites for hydroxylation is 1. The second-order valence-electron chi connectivity index (χ2n) is 6.38. The van der Waals surface area contributed by atoms with Gasteiger partial charge >= 0.3 is 0 Å². The van der Waals surface area contributed by atoms with Crippen molar-refractivity contribution < 1.29 is 0 Å². The minimum absolute atomic E-state index is 0.364. The predicted octanol–water partition coefficient (Wildman–Crippen LogP) is 3.93. The first-order valence-corrected chi connectivity index (χ1v) is 10.5. The normalized spacial score (nSPS) is 18.0. The van der Waals surface area contributed by atoms with Gasteiger partial charge in [-0.05, 0) is 38.2 Å². The summed E-state index contributed by atoms with van der Waals surface area (Å²) in [5, 5.41) is 6.75. The van der Waals surface area contributed by atoms with E-state index < -0.39 is 0 Å². The molecule has 3 heterocycles. The zero-order valence-electron chi connectivity index (χ0n) is 14.4. The van der Waals surface area contributed by atoms with Crippen molar-refractivity contribution in [1.82, 2.24) is 24.6 Å². The Hall–Kier alpha value is -1.19. The molecule has 0 N–H and O–H groups in total. The van der Waals surface area contributed by atoms with Crippen molar-refractivity contribution in [3.63, 3.8) is 0 Å². The van der Waals surface area contributed by atoms with E-state index in [2.05, 4.69) is 46.1 Å². The maximum Gasteiger partial charge on any atom is 0.180 e. The van der Waals surface area contributed by atoms with Crippen LogP contribution in [0.5, 0.6) is 0 Å². The van der Waals surface area contributed by atoms with Crippen LogP contribution in [0.2, 0.25) is 0 Å². The van der Waals surface area contributed by atoms with Crippen LogP contribution in [0.4, 0.5) is 0 Å². The van der Waals surface area contributed by atoms with Crippen molar-refractivity contribution in [2.75, 3.05) is 26.2 Å². The van der Waals surface area contributed by atoms with E-state index in [9.17, 15) is 0 Å². The van der Waals surface area contributed by atoms with Gasteiger partial charge in [-0.2, -0.15) is 5.10 Å². The lowest BCUT2D eigenvalue weighted by molar-refractivity contribution is 0.0790. The summed E-state index contributed by atoms with van der Waals surface area (Å²) in [5.74, 6) is 0. The Morgan fingerprint density at radius 3 is 2.60 bits per heavy atom. The number of thiazole rings is 1. The lowest BCUT2D eigenvalue weighted by Gasteiger charge is -2.37. The van der Waals surface area contributed by atoms with Crippen LogP contribution in [0, 0.1) is 10.9 Å². The van der Waals surface area contributed by atoms with Gasteiger partial charge in [-0.1, -0.05) is 23.5 Å². The topological polar surface area (TPSA) is 37.2 Å². The highest BCUT2D eigenvalue weighted by molar-refractivity contribution is 7.73. The van der Waals surface area contributed by atoms with E-state index in [1.807, 2.05) is 22.9 Å². The summed E-state index contributed by atoms with van der Waals surface area (Å²) < 4.78 is 4.08. The first kappa shape index (κ1) is 17.2. The minimum Gasteiger partial charge on any atom is -0.292 e. The van der Waals surface area contributed by atoms with Crippen LogP contribution in [0.3, 0.4) is 0 Å². The van der Waals surface area contributed by atoms with Crippen molar-refractivity contribution in [2.24, 2.45) is 0 Å². The monoisotopic (exact) mass is 391 g/mol. The second-order valence-corrected chi connectivity index (χ2v) is 9.27. The van der Waals surface area contributed by atoms with Gasteiger partial charge in [0.1, 0.15) is 10.0 Å². The molecule has 0 aliphatic carbocycles. The maximum absolute atomic E-state index is 5.38. The fourth-order valence-electron chi connectivity index (χ4n) is 3.21. The van der Waals surface area contributed by atoms with Gasteiger partial charge in [0.25, 0.3) is 0 Å². The van der Waals surface area contributed by atoms with Crippen LogP contribution in [-0.2, 0) is 6.67 Å². The molecular formula is C17H21N5S3. The van der Waals surface area contributed by atoms with Gasteiger partial charge in [-0.15, -0.1) is 11.3 Å². The third kappa shape index (κ3) is 3.68. The Labute approximate surface area is 160 Å². The molecule has 8 heteroatoms. The molecule has 5 nitrogen and oxygen atoms in total. The molecule has 0 saturated carbocycles. The summed E-state index contributed by atoms with van der Waals surface area (Å²) in [4.78, 5) is 9.78. The van der Waals surface area contributed by atoms with E-state index >= 15 is 0 Å². The molecule has 1 saturated heterocycles. The number of hydrogen-bond donors (Lipinski definition) is 0. The number of hydrogen-bond acceptors (Lipinski definition) is 7. The number of aromatic nitrogens is 3. The van der Waals surface area contributed by atoms with E-state index in [1.54, 1.807) is 11.3 Å². The predicted molar refractivity (Wildman–Crippen MR) is 107 cm³/mol. The molecule has 0 bridgehead atoms. The standard InChI is InChI=1S/C17H21N5S3/c1-12(16-18-14-5-3-4-6-15(14)25-16)21-9-7-20(8-10-21)11-22-17(23)24-13(2)19-22/h3-6,12H,7-11H2,1-2H3/t12-/m0/s1. The number of piperazine rings is 1. The molecule has 4 rings (SSSR count). The van der Waals surface area contributed by atoms with Crippen molar-refractivity contribution in [3.8, 4) is 0 Å². The van der Waals surface area contributed by atoms with Gasteiger partial charge in [0.2, 0.25) is 0 Å². The highest BCUT2D eigenvalue weighted by atomic mass is 32.1. The van der Waals surface area contributed by atoms with Crippen LogP contribution in [0.1, 0.15) is 23.0 Å². The third-order valence-corrected chi connectivity index (χ3v) is 7.09. The summed E-state index contributed by atoms with van der Waals surface area (Å²) in [6, 6.07) is 8.75. The van der Waals surface area contributed by atoms with Crippen molar-refractivity contribution in [2.45, 2.75) is 26.6 Å². The quantitative estimate of drug-likeness (QED) is 0.630. The lowest BCUT2D eigenvalue weighted by atomic mass is 10.2. The van der Waals surface area contributed by atoms with E-state index in [-0.39, 0.29) is 0 Å². The molecule has 0 spiro atoms. The van der Waals surface area contributed by atoms with Crippen LogP contribution >= 0.6 is 34.9 Å². The number of rotatable bonds is 4. The van der Waals surface area contributed by atoms with Gasteiger partial charge in [0.05, 0.1) is 22.9 Å². The van der Waals surface area contributed by atoms with E-state index in [1.165, 1.54) is 9.71 Å². The smallest absolute Gasteiger partial charge is 0.180 e. The molecule has 1 fully saturated rings. The Kier molecular flexibility index (Phi) is 4.97. The van der Waals surface area contributed by atoms with Crippen molar-refractivity contribution >= 4 is 45.1 Å². The van der Waals surface area contributed by atoms with E-state index in [4.69, 9.17) is 17.2 Å². The Morgan fingerprint density at radius 2 is 1.92 bits per heavy atom. The first-order valence-electron chi connectivity index (χ1n) is 8.46. The fraction of sp³-hybridized carbons (Fsp3) is 0.471. The number of nitrogens with zero attached hydrogens (tertiary/aromatic N) is 5. The number of para-hydroxylation sites is 1. The average molecular weight is 392 g/mol. The van der Waals surface area contributed by atoms with Gasteiger partial charge < -0.3 is 0 Å². The van der Waals surface area contributed by atoms with Crippen LogP contribution in [0.15, 0.2) is 24.3 Å². The largest absolute Gasteiger partial charge is 0.292 e. The summed E-state index contributed by atoms with van der Waals surface area (Å²) in [6.45, 7) is 9.25. The molecule has 1 aromatic carbocycles. The van der Waals surface area contributed by atoms with Gasteiger partial charge in [0.15, 0.2) is 3.95 Å². The maximum atomic E-state index is 5.38. The van der Waals surface area contributed by atoms with Crippen LogP contribution in [0.25, 0.3) is 10.2 Å². The van der Waals surface area contributed by atoms with Crippen LogP contribution in [-0.4, -0.2) is 50.7 Å². The number of benzene rings is 1. The van der Waals surface area contributed by atoms with Crippen molar-refractivity contribution in [3.05, 3.63) is 38.2 Å². The minimum atomic E-state index is 0.364. The molecule has 3 aromatic rings. The lowest BCUT2D eigenvalue weighted by Crippen LogP contribution is -2.47. The molecular weight excluding hydrogens is 370 g/mol. The average Bonchev–Trinajstić information content (AvgIpc) is 3.18. The highest BCUT2D eigenvalue weighted by Gasteiger charge is 2.24. The van der Waals surface area contributed by atoms with Gasteiger partial charge in [0, 0.05) is 26.2 Å². The highest BCUT2D eigenvalue weighted by Crippen LogP contribution is 2.29. The summed E-state index contributed by atoms with van der Waals surface area (Å²) in [7, 11) is 0. The molecule has 25 heavy (non-hydrogen) atoms. The van der Waals surface area contributed by atoms with Crippen molar-refractivity contribution in [1.29, 1.82) is 0 Å². The molecule has 1 aliphatic heterocycles. The zero-order chi connectivity index (χ0) is 17.4. The summed E-state index contributed by atoms with van der Waals surface area (Å²) in [6.07, 6.45) is 0. The molecule has 0 amide bonds. The fourth-order valence-corrected chi connectivity index (χ4v) is 5.32. The molecule has 1 atom stereocenters. The molecule has 132 valence electrons. The molecule has 0 unspecified atom stereocenters. The second kappa shape index (κ2) is 7.20.